The molecule has 10 heteroatoms. The molecule has 2 aromatic carbocycles. The Hall–Kier alpha value is -3.37. The van der Waals surface area contributed by atoms with Crippen LogP contribution in [0.15, 0.2) is 68.7 Å². The van der Waals surface area contributed by atoms with Crippen LogP contribution >= 0.6 is 23.1 Å². The maximum absolute atomic E-state index is 12.5. The molecule has 4 aromatic rings. The number of ether oxygens (including phenoxy) is 2. The molecule has 0 bridgehead atoms. The van der Waals surface area contributed by atoms with E-state index in [9.17, 15) is 4.79 Å². The molecule has 0 atom stereocenters. The van der Waals surface area contributed by atoms with Crippen molar-refractivity contribution >= 4 is 29.0 Å². The molecule has 0 fully saturated rings. The summed E-state index contributed by atoms with van der Waals surface area (Å²) in [6.07, 6.45) is 1.93. The summed E-state index contributed by atoms with van der Waals surface area (Å²) in [7, 11) is 3.14. The molecule has 0 radical (unpaired) electrons. The van der Waals surface area contributed by atoms with Gasteiger partial charge in [0.1, 0.15) is 11.5 Å². The van der Waals surface area contributed by atoms with Gasteiger partial charge in [0.05, 0.1) is 20.0 Å². The first kappa shape index (κ1) is 22.8. The second kappa shape index (κ2) is 10.5. The van der Waals surface area contributed by atoms with Crippen molar-refractivity contribution in [3.05, 3.63) is 70.0 Å². The van der Waals surface area contributed by atoms with Crippen LogP contribution in [0.25, 0.3) is 11.5 Å². The van der Waals surface area contributed by atoms with Crippen LogP contribution in [0.4, 0.5) is 0 Å². The molecular weight excluding hydrogens is 460 g/mol. The van der Waals surface area contributed by atoms with E-state index in [-0.39, 0.29) is 16.9 Å². The quantitative estimate of drug-likeness (QED) is 0.348. The highest BCUT2D eigenvalue weighted by atomic mass is 32.2. The van der Waals surface area contributed by atoms with Crippen LogP contribution < -0.4 is 14.3 Å². The second-order valence-corrected chi connectivity index (χ2v) is 8.87. The zero-order valence-electron chi connectivity index (χ0n) is 18.3. The van der Waals surface area contributed by atoms with Gasteiger partial charge in [0.2, 0.25) is 5.89 Å². The van der Waals surface area contributed by atoms with E-state index < -0.39 is 0 Å². The highest BCUT2D eigenvalue weighted by Gasteiger charge is 2.13. The normalized spacial score (nSPS) is 11.5. The van der Waals surface area contributed by atoms with Gasteiger partial charge < -0.3 is 18.5 Å². The molecule has 8 nitrogen and oxygen atoms in total. The minimum absolute atomic E-state index is 0.0888. The Morgan fingerprint density at radius 1 is 1.12 bits per heavy atom. The summed E-state index contributed by atoms with van der Waals surface area (Å²) in [4.78, 5) is 17.4. The van der Waals surface area contributed by atoms with E-state index in [4.69, 9.17) is 13.9 Å². The van der Waals surface area contributed by atoms with E-state index in [1.807, 2.05) is 16.1 Å². The van der Waals surface area contributed by atoms with Crippen molar-refractivity contribution in [2.45, 2.75) is 18.7 Å². The number of nitrogens with zero attached hydrogens (tertiary/aromatic N) is 4. The minimum atomic E-state index is -0.275. The van der Waals surface area contributed by atoms with Crippen molar-refractivity contribution in [2.24, 2.45) is 4.99 Å². The number of benzene rings is 2. The third-order valence-corrected chi connectivity index (χ3v) is 6.28. The Kier molecular flexibility index (Phi) is 7.26. The Balaban J connectivity index is 1.42. The van der Waals surface area contributed by atoms with Gasteiger partial charge in [-0.2, -0.15) is 4.99 Å². The van der Waals surface area contributed by atoms with Crippen molar-refractivity contribution in [1.82, 2.24) is 14.8 Å². The van der Waals surface area contributed by atoms with Crippen molar-refractivity contribution < 1.29 is 18.7 Å². The van der Waals surface area contributed by atoms with Gasteiger partial charge in [0.25, 0.3) is 11.1 Å². The fourth-order valence-corrected chi connectivity index (χ4v) is 4.27. The number of carbonyl (C=O) groups excluding carboxylic acids is 1. The lowest BCUT2D eigenvalue weighted by Gasteiger charge is -2.05. The monoisotopic (exact) mass is 482 g/mol. The fraction of sp³-hybridized carbons (Fsp3) is 0.217. The Labute approximate surface area is 198 Å². The first-order chi connectivity index (χ1) is 16.0. The van der Waals surface area contributed by atoms with Crippen LogP contribution in [0.2, 0.25) is 0 Å². The molecule has 0 N–H and O–H groups in total. The Bertz CT molecular complexity index is 1290. The lowest BCUT2D eigenvalue weighted by atomic mass is 10.1. The zero-order chi connectivity index (χ0) is 23.2. The maximum Gasteiger partial charge on any atom is 0.277 e. The molecule has 0 saturated heterocycles. The molecule has 0 aliphatic carbocycles. The number of thioether (sulfide) groups is 1. The number of methoxy groups -OCH3 is 2. The topological polar surface area (TPSA) is 91.7 Å². The molecule has 4 rings (SSSR count). The molecule has 33 heavy (non-hydrogen) atoms. The molecular formula is C23H22N4O4S2. The van der Waals surface area contributed by atoms with E-state index in [0.29, 0.717) is 34.3 Å². The average Bonchev–Trinajstić information content (AvgIpc) is 3.48. The van der Waals surface area contributed by atoms with Crippen LogP contribution in [0.1, 0.15) is 11.1 Å². The summed E-state index contributed by atoms with van der Waals surface area (Å²) in [6, 6.07) is 13.6. The number of amides is 1. The van der Waals surface area contributed by atoms with Crippen molar-refractivity contribution in [3.8, 4) is 23.0 Å². The number of rotatable bonds is 8. The van der Waals surface area contributed by atoms with Crippen LogP contribution in [-0.2, 0) is 11.3 Å². The highest BCUT2D eigenvalue weighted by Crippen LogP contribution is 2.30. The molecule has 0 aliphatic rings. The van der Waals surface area contributed by atoms with Crippen molar-refractivity contribution in [2.75, 3.05) is 20.0 Å². The van der Waals surface area contributed by atoms with Crippen molar-refractivity contribution in [3.63, 3.8) is 0 Å². The molecule has 2 heterocycles. The van der Waals surface area contributed by atoms with E-state index in [1.165, 1.54) is 16.9 Å². The summed E-state index contributed by atoms with van der Waals surface area (Å²) in [6.45, 7) is 2.71. The smallest absolute Gasteiger partial charge is 0.277 e. The van der Waals surface area contributed by atoms with Crippen LogP contribution in [0, 0.1) is 6.92 Å². The molecule has 0 unspecified atom stereocenters. The predicted octanol–water partition coefficient (Wildman–Crippen LogP) is 4.19. The van der Waals surface area contributed by atoms with Gasteiger partial charge in [-0.1, -0.05) is 41.6 Å². The summed E-state index contributed by atoms with van der Waals surface area (Å²) in [5.74, 6) is 1.35. The number of hydrogen-bond acceptors (Lipinski definition) is 8. The summed E-state index contributed by atoms with van der Waals surface area (Å²) < 4.78 is 18.2. The van der Waals surface area contributed by atoms with E-state index in [2.05, 4.69) is 46.4 Å². The van der Waals surface area contributed by atoms with Gasteiger partial charge >= 0.3 is 0 Å². The average molecular weight is 483 g/mol. The van der Waals surface area contributed by atoms with Gasteiger partial charge in [-0.15, -0.1) is 21.5 Å². The number of carbonyl (C=O) groups is 1. The SMILES string of the molecule is COc1cc(OC)cc(-c2nnc(SCC(=O)N=c3sccn3Cc3ccc(C)cc3)o2)c1. The number of aromatic nitrogens is 3. The van der Waals surface area contributed by atoms with E-state index >= 15 is 0 Å². The lowest BCUT2D eigenvalue weighted by Crippen LogP contribution is -2.17. The zero-order valence-corrected chi connectivity index (χ0v) is 20.0. The van der Waals surface area contributed by atoms with Gasteiger partial charge in [0.15, 0.2) is 4.80 Å². The standard InChI is InChI=1S/C23H22N4O4S2/c1-15-4-6-16(7-5-15)13-27-8-9-32-22(27)24-20(28)14-33-23-26-25-21(31-23)17-10-18(29-2)12-19(11-17)30-3/h4-12H,13-14H2,1-3H3. The molecule has 2 aromatic heterocycles. The molecule has 0 spiro atoms. The predicted molar refractivity (Wildman–Crippen MR) is 127 cm³/mol. The summed E-state index contributed by atoms with van der Waals surface area (Å²) >= 11 is 2.57. The summed E-state index contributed by atoms with van der Waals surface area (Å²) in [5, 5.41) is 10.3. The summed E-state index contributed by atoms with van der Waals surface area (Å²) in [5.41, 5.74) is 3.02. The third-order valence-electron chi connectivity index (χ3n) is 4.68. The number of thiazole rings is 1. The Morgan fingerprint density at radius 2 is 1.85 bits per heavy atom. The number of hydrogen-bond donors (Lipinski definition) is 0. The first-order valence-corrected chi connectivity index (χ1v) is 11.9. The first-order valence-electron chi connectivity index (χ1n) is 10.0. The molecule has 0 saturated carbocycles. The highest BCUT2D eigenvalue weighted by molar-refractivity contribution is 7.99. The number of aryl methyl sites for hydroxylation is 1. The second-order valence-electron chi connectivity index (χ2n) is 7.07. The largest absolute Gasteiger partial charge is 0.497 e. The third kappa shape index (κ3) is 5.91. The van der Waals surface area contributed by atoms with Crippen LogP contribution in [-0.4, -0.2) is 40.6 Å². The van der Waals surface area contributed by atoms with Gasteiger partial charge in [-0.05, 0) is 24.6 Å². The minimum Gasteiger partial charge on any atom is -0.497 e. The van der Waals surface area contributed by atoms with Gasteiger partial charge in [-0.25, -0.2) is 0 Å². The van der Waals surface area contributed by atoms with E-state index in [0.717, 1.165) is 17.3 Å². The lowest BCUT2D eigenvalue weighted by molar-refractivity contribution is -0.115. The molecule has 1 amide bonds. The van der Waals surface area contributed by atoms with Crippen LogP contribution in [0.5, 0.6) is 11.5 Å². The maximum atomic E-state index is 12.5. The van der Waals surface area contributed by atoms with Gasteiger partial charge in [-0.3, -0.25) is 4.79 Å². The van der Waals surface area contributed by atoms with E-state index in [1.54, 1.807) is 32.4 Å². The van der Waals surface area contributed by atoms with Gasteiger partial charge in [0, 0.05) is 29.8 Å². The van der Waals surface area contributed by atoms with Crippen LogP contribution in [0.3, 0.4) is 0 Å². The Morgan fingerprint density at radius 3 is 2.55 bits per heavy atom. The molecule has 170 valence electrons. The van der Waals surface area contributed by atoms with Crippen molar-refractivity contribution in [1.29, 1.82) is 0 Å². The molecule has 0 aliphatic heterocycles. The fourth-order valence-electron chi connectivity index (χ4n) is 2.98.